The van der Waals surface area contributed by atoms with Crippen LogP contribution in [0.2, 0.25) is 0 Å². The topological polar surface area (TPSA) is 72.2 Å². The number of nitrogen functional groups attached to an aromatic ring is 1. The van der Waals surface area contributed by atoms with Crippen LogP contribution >= 0.6 is 11.3 Å². The highest BCUT2D eigenvalue weighted by atomic mass is 32.2. The Morgan fingerprint density at radius 3 is 2.55 bits per heavy atom. The minimum absolute atomic E-state index is 0.144. The number of nitrogens with one attached hydrogen (secondary N) is 1. The predicted octanol–water partition coefficient (Wildman–Crippen LogP) is 2.56. The number of thiophene rings is 1. The fourth-order valence-corrected chi connectivity index (χ4v) is 3.86. The first-order chi connectivity index (χ1) is 9.29. The molecule has 2 rings (SSSR count). The number of halogens is 1. The third kappa shape index (κ3) is 3.17. The number of hydrogen-bond acceptors (Lipinski definition) is 4. The number of benzene rings is 1. The van der Waals surface area contributed by atoms with Crippen molar-refractivity contribution in [3.63, 3.8) is 0 Å². The summed E-state index contributed by atoms with van der Waals surface area (Å²) in [7, 11) is -3.88. The van der Waals surface area contributed by atoms with Crippen LogP contribution in [0.1, 0.15) is 15.3 Å². The Hall–Kier alpha value is -1.44. The van der Waals surface area contributed by atoms with Crippen molar-refractivity contribution in [3.8, 4) is 0 Å². The molecule has 0 aliphatic rings. The molecule has 1 aromatic heterocycles. The molecule has 0 atom stereocenters. The van der Waals surface area contributed by atoms with Crippen molar-refractivity contribution in [2.24, 2.45) is 0 Å². The van der Waals surface area contributed by atoms with E-state index in [1.54, 1.807) is 0 Å². The molecule has 3 N–H and O–H groups in total. The van der Waals surface area contributed by atoms with E-state index < -0.39 is 20.7 Å². The SMILES string of the molecule is Cc1cc(CNS(=O)(=O)c2ccc(N)cc2F)sc1C. The summed E-state index contributed by atoms with van der Waals surface area (Å²) in [6.07, 6.45) is 0. The maximum absolute atomic E-state index is 13.6. The molecule has 0 aliphatic heterocycles. The number of anilines is 1. The van der Waals surface area contributed by atoms with Gasteiger partial charge in [-0.3, -0.25) is 0 Å². The van der Waals surface area contributed by atoms with E-state index in [1.807, 2.05) is 19.9 Å². The van der Waals surface area contributed by atoms with E-state index >= 15 is 0 Å². The van der Waals surface area contributed by atoms with Crippen LogP contribution in [0.4, 0.5) is 10.1 Å². The first-order valence-electron chi connectivity index (χ1n) is 5.90. The van der Waals surface area contributed by atoms with Crippen molar-refractivity contribution >= 4 is 27.0 Å². The average Bonchev–Trinajstić information content (AvgIpc) is 2.66. The molecule has 0 saturated carbocycles. The molecule has 0 radical (unpaired) electrons. The van der Waals surface area contributed by atoms with Crippen LogP contribution in [0.25, 0.3) is 0 Å². The zero-order valence-corrected chi connectivity index (χ0v) is 12.7. The first kappa shape index (κ1) is 15.0. The molecule has 2 aromatic rings. The van der Waals surface area contributed by atoms with E-state index in [4.69, 9.17) is 5.73 Å². The number of nitrogens with two attached hydrogens (primary N) is 1. The second kappa shape index (κ2) is 5.51. The number of hydrogen-bond donors (Lipinski definition) is 2. The van der Waals surface area contributed by atoms with Gasteiger partial charge < -0.3 is 5.73 Å². The quantitative estimate of drug-likeness (QED) is 0.852. The maximum Gasteiger partial charge on any atom is 0.243 e. The monoisotopic (exact) mass is 314 g/mol. The molecule has 0 amide bonds. The van der Waals surface area contributed by atoms with Gasteiger partial charge in [0.05, 0.1) is 0 Å². The largest absolute Gasteiger partial charge is 0.399 e. The molecule has 0 bridgehead atoms. The van der Waals surface area contributed by atoms with E-state index in [1.165, 1.54) is 17.4 Å². The van der Waals surface area contributed by atoms with Crippen molar-refractivity contribution < 1.29 is 12.8 Å². The smallest absolute Gasteiger partial charge is 0.243 e. The van der Waals surface area contributed by atoms with E-state index in [2.05, 4.69) is 4.72 Å². The highest BCUT2D eigenvalue weighted by Gasteiger charge is 2.19. The molecule has 20 heavy (non-hydrogen) atoms. The van der Waals surface area contributed by atoms with E-state index in [9.17, 15) is 12.8 Å². The first-order valence-corrected chi connectivity index (χ1v) is 8.20. The van der Waals surface area contributed by atoms with Crippen LogP contribution in [0, 0.1) is 19.7 Å². The summed E-state index contributed by atoms with van der Waals surface area (Å²) in [6, 6.07) is 5.44. The van der Waals surface area contributed by atoms with Crippen LogP contribution in [-0.4, -0.2) is 8.42 Å². The van der Waals surface area contributed by atoms with Gasteiger partial charge in [-0.2, -0.15) is 0 Å². The molecule has 0 fully saturated rings. The van der Waals surface area contributed by atoms with Crippen LogP contribution in [0.15, 0.2) is 29.2 Å². The molecule has 0 saturated heterocycles. The number of sulfonamides is 1. The van der Waals surface area contributed by atoms with Gasteiger partial charge in [0.1, 0.15) is 10.7 Å². The molecule has 1 heterocycles. The summed E-state index contributed by atoms with van der Waals surface area (Å²) in [6.45, 7) is 4.08. The molecule has 0 spiro atoms. The molecule has 0 unspecified atom stereocenters. The Labute approximate surface area is 121 Å². The number of rotatable bonds is 4. The molecular formula is C13H15FN2O2S2. The van der Waals surface area contributed by atoms with Crippen LogP contribution in [0.5, 0.6) is 0 Å². The van der Waals surface area contributed by atoms with Gasteiger partial charge >= 0.3 is 0 Å². The second-order valence-electron chi connectivity index (χ2n) is 4.47. The average molecular weight is 314 g/mol. The summed E-state index contributed by atoms with van der Waals surface area (Å²) in [5.74, 6) is -0.851. The third-order valence-electron chi connectivity index (χ3n) is 2.90. The standard InChI is InChI=1S/C13H15FN2O2S2/c1-8-5-11(19-9(8)2)7-16-20(17,18)13-4-3-10(15)6-12(13)14/h3-6,16H,7,15H2,1-2H3. The third-order valence-corrected chi connectivity index (χ3v) is 5.49. The minimum atomic E-state index is -3.88. The van der Waals surface area contributed by atoms with Gasteiger partial charge in [-0.15, -0.1) is 11.3 Å². The fourth-order valence-electron chi connectivity index (χ4n) is 1.72. The lowest BCUT2D eigenvalue weighted by molar-refractivity contribution is 0.557. The van der Waals surface area contributed by atoms with E-state index in [0.29, 0.717) is 0 Å². The lowest BCUT2D eigenvalue weighted by Crippen LogP contribution is -2.23. The lowest BCUT2D eigenvalue weighted by Gasteiger charge is -2.07. The molecule has 1 aromatic carbocycles. The van der Waals surface area contributed by atoms with Gasteiger partial charge in [0, 0.05) is 22.0 Å². The van der Waals surface area contributed by atoms with Crippen molar-refractivity contribution in [1.82, 2.24) is 4.72 Å². The van der Waals surface area contributed by atoms with Crippen molar-refractivity contribution in [3.05, 3.63) is 45.4 Å². The summed E-state index contributed by atoms with van der Waals surface area (Å²) in [5.41, 5.74) is 6.70. The Balaban J connectivity index is 2.19. The Morgan fingerprint density at radius 2 is 2.00 bits per heavy atom. The fraction of sp³-hybridized carbons (Fsp3) is 0.231. The summed E-state index contributed by atoms with van der Waals surface area (Å²) in [5, 5.41) is 0. The normalized spacial score (nSPS) is 11.8. The highest BCUT2D eigenvalue weighted by molar-refractivity contribution is 7.89. The van der Waals surface area contributed by atoms with E-state index in [-0.39, 0.29) is 12.2 Å². The summed E-state index contributed by atoms with van der Waals surface area (Å²) >= 11 is 1.52. The zero-order chi connectivity index (χ0) is 14.9. The van der Waals surface area contributed by atoms with Crippen LogP contribution in [0.3, 0.4) is 0 Å². The Bertz CT molecular complexity index is 719. The van der Waals surface area contributed by atoms with Gasteiger partial charge in [-0.05, 0) is 43.7 Å². The minimum Gasteiger partial charge on any atom is -0.399 e. The predicted molar refractivity (Wildman–Crippen MR) is 78.6 cm³/mol. The Kier molecular flexibility index (Phi) is 4.12. The summed E-state index contributed by atoms with van der Waals surface area (Å²) < 4.78 is 40.1. The van der Waals surface area contributed by atoms with Crippen LogP contribution < -0.4 is 10.5 Å². The zero-order valence-electron chi connectivity index (χ0n) is 11.1. The molecule has 7 heteroatoms. The van der Waals surface area contributed by atoms with Gasteiger partial charge in [0.25, 0.3) is 0 Å². The summed E-state index contributed by atoms with van der Waals surface area (Å²) in [4.78, 5) is 1.63. The van der Waals surface area contributed by atoms with Crippen molar-refractivity contribution in [2.75, 3.05) is 5.73 Å². The van der Waals surface area contributed by atoms with Gasteiger partial charge in [-0.1, -0.05) is 0 Å². The van der Waals surface area contributed by atoms with Crippen LogP contribution in [-0.2, 0) is 16.6 Å². The maximum atomic E-state index is 13.6. The van der Waals surface area contributed by atoms with E-state index in [0.717, 1.165) is 27.5 Å². The van der Waals surface area contributed by atoms with Gasteiger partial charge in [0.2, 0.25) is 10.0 Å². The lowest BCUT2D eigenvalue weighted by atomic mass is 10.3. The highest BCUT2D eigenvalue weighted by Crippen LogP contribution is 2.22. The second-order valence-corrected chi connectivity index (χ2v) is 7.54. The molecule has 108 valence electrons. The molecule has 0 aliphatic carbocycles. The van der Waals surface area contributed by atoms with Gasteiger partial charge in [0.15, 0.2) is 0 Å². The molecular weight excluding hydrogens is 299 g/mol. The Morgan fingerprint density at radius 1 is 1.30 bits per heavy atom. The van der Waals surface area contributed by atoms with Crippen molar-refractivity contribution in [2.45, 2.75) is 25.3 Å². The number of aryl methyl sites for hydroxylation is 2. The molecule has 4 nitrogen and oxygen atoms in total. The van der Waals surface area contributed by atoms with Crippen molar-refractivity contribution in [1.29, 1.82) is 0 Å². The van der Waals surface area contributed by atoms with Gasteiger partial charge in [-0.25, -0.2) is 17.5 Å².